The van der Waals surface area contributed by atoms with E-state index < -0.39 is 0 Å². The first-order chi connectivity index (χ1) is 15.0. The summed E-state index contributed by atoms with van der Waals surface area (Å²) in [6, 6.07) is 9.53. The molecule has 0 aliphatic heterocycles. The van der Waals surface area contributed by atoms with Crippen LogP contribution < -0.4 is 10.6 Å². The molecule has 1 saturated carbocycles. The monoisotopic (exact) mass is 414 g/mol. The van der Waals surface area contributed by atoms with Crippen molar-refractivity contribution < 1.29 is 9.59 Å². The SMILES string of the molecule is CNC(=O)c1ccn2c(-n3cc(-c4cc(C(=O)NC5CC5)ccc4C)cn3)cnc2c1. The summed E-state index contributed by atoms with van der Waals surface area (Å²) in [5.41, 5.74) is 4.79. The van der Waals surface area contributed by atoms with Gasteiger partial charge in [0.15, 0.2) is 5.82 Å². The zero-order valence-corrected chi connectivity index (χ0v) is 17.3. The van der Waals surface area contributed by atoms with Gasteiger partial charge >= 0.3 is 0 Å². The maximum atomic E-state index is 12.5. The van der Waals surface area contributed by atoms with Crippen LogP contribution in [0.25, 0.3) is 22.6 Å². The fraction of sp³-hybridized carbons (Fsp3) is 0.217. The van der Waals surface area contributed by atoms with Crippen LogP contribution in [0.3, 0.4) is 0 Å². The predicted octanol–water partition coefficient (Wildman–Crippen LogP) is 2.75. The predicted molar refractivity (Wildman–Crippen MR) is 116 cm³/mol. The first kappa shape index (κ1) is 19.0. The lowest BCUT2D eigenvalue weighted by atomic mass is 10.0. The number of imidazole rings is 1. The third kappa shape index (κ3) is 3.56. The second-order valence-electron chi connectivity index (χ2n) is 7.79. The molecule has 0 radical (unpaired) electrons. The quantitative estimate of drug-likeness (QED) is 0.525. The van der Waals surface area contributed by atoms with Gasteiger partial charge in [-0.2, -0.15) is 5.10 Å². The molecule has 156 valence electrons. The molecule has 1 fully saturated rings. The van der Waals surface area contributed by atoms with Crippen molar-refractivity contribution in [3.63, 3.8) is 0 Å². The summed E-state index contributed by atoms with van der Waals surface area (Å²) in [5.74, 6) is 0.560. The summed E-state index contributed by atoms with van der Waals surface area (Å²) in [7, 11) is 1.60. The summed E-state index contributed by atoms with van der Waals surface area (Å²) in [5, 5.41) is 10.2. The van der Waals surface area contributed by atoms with Crippen molar-refractivity contribution in [2.45, 2.75) is 25.8 Å². The van der Waals surface area contributed by atoms with Crippen molar-refractivity contribution in [3.8, 4) is 16.9 Å². The first-order valence-corrected chi connectivity index (χ1v) is 10.2. The number of pyridine rings is 1. The van der Waals surface area contributed by atoms with E-state index in [9.17, 15) is 9.59 Å². The average molecular weight is 414 g/mol. The fourth-order valence-electron chi connectivity index (χ4n) is 3.58. The summed E-state index contributed by atoms with van der Waals surface area (Å²) in [4.78, 5) is 28.7. The van der Waals surface area contributed by atoms with Gasteiger partial charge in [-0.25, -0.2) is 9.67 Å². The molecule has 0 saturated heterocycles. The minimum absolute atomic E-state index is 0.0372. The van der Waals surface area contributed by atoms with Crippen LogP contribution in [0.15, 0.2) is 55.1 Å². The van der Waals surface area contributed by atoms with Gasteiger partial charge in [0.05, 0.1) is 12.4 Å². The molecule has 8 nitrogen and oxygen atoms in total. The van der Waals surface area contributed by atoms with Gasteiger partial charge in [0, 0.05) is 42.2 Å². The number of hydrogen-bond acceptors (Lipinski definition) is 4. The van der Waals surface area contributed by atoms with E-state index in [-0.39, 0.29) is 11.8 Å². The number of hydrogen-bond donors (Lipinski definition) is 2. The lowest BCUT2D eigenvalue weighted by molar-refractivity contribution is 0.0947. The normalized spacial score (nSPS) is 13.4. The molecular formula is C23H22N6O2. The molecule has 0 unspecified atom stereocenters. The van der Waals surface area contributed by atoms with Crippen molar-refractivity contribution in [2.24, 2.45) is 0 Å². The van der Waals surface area contributed by atoms with E-state index in [1.54, 1.807) is 42.5 Å². The number of benzene rings is 1. The number of rotatable bonds is 5. The molecule has 1 aliphatic rings. The number of nitrogens with one attached hydrogen (secondary N) is 2. The van der Waals surface area contributed by atoms with Gasteiger partial charge in [-0.3, -0.25) is 14.0 Å². The Kier molecular flexibility index (Phi) is 4.54. The second kappa shape index (κ2) is 7.39. The van der Waals surface area contributed by atoms with E-state index in [1.165, 1.54) is 0 Å². The van der Waals surface area contributed by atoms with E-state index in [2.05, 4.69) is 20.7 Å². The molecule has 1 aromatic carbocycles. The second-order valence-corrected chi connectivity index (χ2v) is 7.79. The molecule has 2 N–H and O–H groups in total. The fourth-order valence-corrected chi connectivity index (χ4v) is 3.58. The van der Waals surface area contributed by atoms with Crippen molar-refractivity contribution in [3.05, 3.63) is 71.8 Å². The molecule has 3 aromatic heterocycles. The van der Waals surface area contributed by atoms with Crippen LogP contribution in [0.2, 0.25) is 0 Å². The molecule has 0 spiro atoms. The maximum Gasteiger partial charge on any atom is 0.251 e. The summed E-state index contributed by atoms with van der Waals surface area (Å²) in [6.45, 7) is 2.02. The van der Waals surface area contributed by atoms with Crippen LogP contribution in [-0.4, -0.2) is 44.1 Å². The highest BCUT2D eigenvalue weighted by Gasteiger charge is 2.24. The highest BCUT2D eigenvalue weighted by molar-refractivity contribution is 5.96. The lowest BCUT2D eigenvalue weighted by Crippen LogP contribution is -2.25. The molecule has 0 bridgehead atoms. The van der Waals surface area contributed by atoms with Gasteiger partial charge in [0.1, 0.15) is 5.65 Å². The molecule has 3 heterocycles. The molecule has 8 heteroatoms. The van der Waals surface area contributed by atoms with Crippen LogP contribution in [0.5, 0.6) is 0 Å². The highest BCUT2D eigenvalue weighted by atomic mass is 16.2. The van der Waals surface area contributed by atoms with Crippen molar-refractivity contribution in [1.29, 1.82) is 0 Å². The third-order valence-corrected chi connectivity index (χ3v) is 5.52. The standard InChI is InChI=1S/C23H22N6O2/c1-14-3-4-15(23(31)27-18-5-6-18)9-19(14)17-11-26-29(13-17)21-12-25-20-10-16(22(30)24-2)7-8-28(20)21/h3-4,7-13,18H,5-6H2,1-2H3,(H,24,30)(H,27,31). The molecule has 2 amide bonds. The van der Waals surface area contributed by atoms with Gasteiger partial charge in [-0.15, -0.1) is 0 Å². The van der Waals surface area contributed by atoms with Crippen LogP contribution in [0.4, 0.5) is 0 Å². The van der Waals surface area contributed by atoms with Gasteiger partial charge in [0.2, 0.25) is 0 Å². The number of amides is 2. The Morgan fingerprint density at radius 2 is 1.87 bits per heavy atom. The minimum atomic E-state index is -0.158. The first-order valence-electron chi connectivity index (χ1n) is 10.2. The Hall–Kier alpha value is -3.94. The molecule has 0 atom stereocenters. The third-order valence-electron chi connectivity index (χ3n) is 5.52. The smallest absolute Gasteiger partial charge is 0.251 e. The van der Waals surface area contributed by atoms with Gasteiger partial charge < -0.3 is 10.6 Å². The summed E-state index contributed by atoms with van der Waals surface area (Å²) in [6.07, 6.45) is 9.33. The van der Waals surface area contributed by atoms with Crippen LogP contribution in [0, 0.1) is 6.92 Å². The van der Waals surface area contributed by atoms with Gasteiger partial charge in [0.25, 0.3) is 11.8 Å². The van der Waals surface area contributed by atoms with E-state index in [0.717, 1.165) is 35.3 Å². The molecule has 1 aliphatic carbocycles. The Bertz CT molecular complexity index is 1310. The number of aryl methyl sites for hydroxylation is 1. The number of carbonyl (C=O) groups excluding carboxylic acids is 2. The highest BCUT2D eigenvalue weighted by Crippen LogP contribution is 2.26. The molecular weight excluding hydrogens is 392 g/mol. The zero-order chi connectivity index (χ0) is 21.5. The minimum Gasteiger partial charge on any atom is -0.355 e. The zero-order valence-electron chi connectivity index (χ0n) is 17.3. The van der Waals surface area contributed by atoms with E-state index >= 15 is 0 Å². The van der Waals surface area contributed by atoms with Crippen molar-refractivity contribution in [1.82, 2.24) is 29.8 Å². The molecule has 5 rings (SSSR count). The van der Waals surface area contributed by atoms with Crippen LogP contribution in [0.1, 0.15) is 39.1 Å². The molecule has 4 aromatic rings. The maximum absolute atomic E-state index is 12.5. The number of carbonyl (C=O) groups is 2. The topological polar surface area (TPSA) is 93.3 Å². The van der Waals surface area contributed by atoms with E-state index in [1.807, 2.05) is 35.7 Å². The van der Waals surface area contributed by atoms with Crippen molar-refractivity contribution in [2.75, 3.05) is 7.05 Å². The number of aromatic nitrogens is 4. The van der Waals surface area contributed by atoms with Crippen LogP contribution >= 0.6 is 0 Å². The Balaban J connectivity index is 1.48. The molecule has 31 heavy (non-hydrogen) atoms. The van der Waals surface area contributed by atoms with Gasteiger partial charge in [-0.05, 0) is 55.2 Å². The van der Waals surface area contributed by atoms with E-state index in [4.69, 9.17) is 0 Å². The van der Waals surface area contributed by atoms with Gasteiger partial charge in [-0.1, -0.05) is 6.07 Å². The summed E-state index contributed by atoms with van der Waals surface area (Å²) >= 11 is 0. The largest absolute Gasteiger partial charge is 0.355 e. The average Bonchev–Trinajstić information content (AvgIpc) is 3.29. The van der Waals surface area contributed by atoms with Crippen LogP contribution in [-0.2, 0) is 0 Å². The number of fused-ring (bicyclic) bond motifs is 1. The Morgan fingerprint density at radius 3 is 2.65 bits per heavy atom. The Morgan fingerprint density at radius 1 is 1.06 bits per heavy atom. The summed E-state index contributed by atoms with van der Waals surface area (Å²) < 4.78 is 3.61. The Labute approximate surface area is 178 Å². The number of nitrogens with zero attached hydrogens (tertiary/aromatic N) is 4. The lowest BCUT2D eigenvalue weighted by Gasteiger charge is -2.08. The van der Waals surface area contributed by atoms with E-state index in [0.29, 0.717) is 22.8 Å². The van der Waals surface area contributed by atoms with Crippen molar-refractivity contribution >= 4 is 17.5 Å².